The Balaban J connectivity index is 1.69. The number of carbonyl (C=O) groups is 1. The summed E-state index contributed by atoms with van der Waals surface area (Å²) in [6.45, 7) is 1.97. The van der Waals surface area contributed by atoms with Crippen LogP contribution in [0.1, 0.15) is 28.8 Å². The number of piperidine rings is 1. The lowest BCUT2D eigenvalue weighted by Gasteiger charge is -2.29. The van der Waals surface area contributed by atoms with E-state index in [0.29, 0.717) is 27.6 Å². The van der Waals surface area contributed by atoms with Gasteiger partial charge in [-0.2, -0.15) is 5.26 Å². The summed E-state index contributed by atoms with van der Waals surface area (Å²) in [5.41, 5.74) is 0.919. The molecule has 5 nitrogen and oxygen atoms in total. The molecule has 1 fully saturated rings. The smallest absolute Gasteiger partial charge is 0.251 e. The largest absolute Gasteiger partial charge is 0.454 e. The molecule has 0 atom stereocenters. The molecule has 1 aliphatic heterocycles. The van der Waals surface area contributed by atoms with Crippen LogP contribution in [0.4, 0.5) is 0 Å². The van der Waals surface area contributed by atoms with E-state index >= 15 is 0 Å². The van der Waals surface area contributed by atoms with Crippen molar-refractivity contribution in [3.63, 3.8) is 0 Å². The minimum Gasteiger partial charge on any atom is -0.454 e. The molecule has 1 amide bonds. The quantitative estimate of drug-likeness (QED) is 0.889. The number of likely N-dealkylation sites (tertiary alicyclic amines) is 1. The second kappa shape index (κ2) is 8.22. The molecule has 2 aromatic rings. The summed E-state index contributed by atoms with van der Waals surface area (Å²) in [4.78, 5) is 14.7. The first kappa shape index (κ1) is 18.2. The summed E-state index contributed by atoms with van der Waals surface area (Å²) in [6, 6.07) is 14.1. The summed E-state index contributed by atoms with van der Waals surface area (Å²) in [5, 5.41) is 12.5. The number of carbonyl (C=O) groups excluding carboxylic acids is 1. The first-order valence-corrected chi connectivity index (χ1v) is 8.90. The van der Waals surface area contributed by atoms with Gasteiger partial charge in [0.15, 0.2) is 0 Å². The summed E-state index contributed by atoms with van der Waals surface area (Å²) in [7, 11) is 2.08. The van der Waals surface area contributed by atoms with Gasteiger partial charge < -0.3 is 15.0 Å². The molecule has 0 saturated carbocycles. The van der Waals surface area contributed by atoms with E-state index in [-0.39, 0.29) is 11.9 Å². The molecule has 6 heteroatoms. The van der Waals surface area contributed by atoms with Gasteiger partial charge in [-0.05, 0) is 63.3 Å². The van der Waals surface area contributed by atoms with Crippen LogP contribution < -0.4 is 10.1 Å². The highest BCUT2D eigenvalue weighted by molar-refractivity contribution is 6.32. The number of benzene rings is 2. The highest BCUT2D eigenvalue weighted by Gasteiger charge is 2.19. The highest BCUT2D eigenvalue weighted by Crippen LogP contribution is 2.31. The summed E-state index contributed by atoms with van der Waals surface area (Å²) in [6.07, 6.45) is 1.89. The lowest BCUT2D eigenvalue weighted by molar-refractivity contribution is 0.0917. The van der Waals surface area contributed by atoms with Crippen molar-refractivity contribution in [3.8, 4) is 17.6 Å². The Labute approximate surface area is 158 Å². The van der Waals surface area contributed by atoms with Gasteiger partial charge in [-0.3, -0.25) is 4.79 Å². The molecule has 0 unspecified atom stereocenters. The molecule has 0 aliphatic carbocycles. The third-order valence-electron chi connectivity index (χ3n) is 4.48. The summed E-state index contributed by atoms with van der Waals surface area (Å²) >= 11 is 6.29. The number of nitrogens with zero attached hydrogens (tertiary/aromatic N) is 2. The molecule has 1 aliphatic rings. The number of nitriles is 1. The maximum absolute atomic E-state index is 12.4. The van der Waals surface area contributed by atoms with Crippen LogP contribution in [0.25, 0.3) is 0 Å². The minimum atomic E-state index is -0.134. The zero-order chi connectivity index (χ0) is 18.5. The molecule has 134 valence electrons. The van der Waals surface area contributed by atoms with Gasteiger partial charge in [0.05, 0.1) is 10.6 Å². The average molecular weight is 370 g/mol. The minimum absolute atomic E-state index is 0.134. The molecule has 1 heterocycles. The molecule has 1 saturated heterocycles. The average Bonchev–Trinajstić information content (AvgIpc) is 2.65. The van der Waals surface area contributed by atoms with Crippen LogP contribution in [0, 0.1) is 11.3 Å². The third-order valence-corrected chi connectivity index (χ3v) is 4.77. The number of amides is 1. The van der Waals surface area contributed by atoms with Gasteiger partial charge in [-0.25, -0.2) is 0 Å². The first-order valence-electron chi connectivity index (χ1n) is 8.53. The summed E-state index contributed by atoms with van der Waals surface area (Å²) < 4.78 is 5.74. The number of rotatable bonds is 4. The van der Waals surface area contributed by atoms with Crippen molar-refractivity contribution in [3.05, 3.63) is 58.6 Å². The van der Waals surface area contributed by atoms with Gasteiger partial charge in [0.25, 0.3) is 5.91 Å². The second-order valence-electron chi connectivity index (χ2n) is 6.41. The number of nitrogens with one attached hydrogen (secondary N) is 1. The maximum atomic E-state index is 12.4. The van der Waals surface area contributed by atoms with Gasteiger partial charge in [0.1, 0.15) is 17.6 Å². The number of para-hydroxylation sites is 1. The fourth-order valence-electron chi connectivity index (χ4n) is 2.91. The van der Waals surface area contributed by atoms with Crippen molar-refractivity contribution < 1.29 is 9.53 Å². The van der Waals surface area contributed by atoms with Gasteiger partial charge in [0.2, 0.25) is 0 Å². The van der Waals surface area contributed by atoms with Crippen molar-refractivity contribution >= 4 is 17.5 Å². The number of halogens is 1. The van der Waals surface area contributed by atoms with Crippen LogP contribution in [0.5, 0.6) is 11.5 Å². The lowest BCUT2D eigenvalue weighted by atomic mass is 10.0. The Morgan fingerprint density at radius 2 is 1.96 bits per heavy atom. The SMILES string of the molecule is CN1CCC(NC(=O)c2ccc(Oc3ccccc3C#N)c(Cl)c2)CC1. The third kappa shape index (κ3) is 4.34. The molecular formula is C20H20ClN3O2. The second-order valence-corrected chi connectivity index (χ2v) is 6.81. The van der Waals surface area contributed by atoms with Crippen LogP contribution in [-0.4, -0.2) is 37.0 Å². The Morgan fingerprint density at radius 3 is 2.65 bits per heavy atom. The van der Waals surface area contributed by atoms with Crippen LogP contribution in [0.2, 0.25) is 5.02 Å². The van der Waals surface area contributed by atoms with Crippen LogP contribution >= 0.6 is 11.6 Å². The standard InChI is InChI=1S/C20H20ClN3O2/c1-24-10-8-16(9-11-24)23-20(25)14-6-7-19(17(21)12-14)26-18-5-3-2-4-15(18)13-22/h2-7,12,16H,8-11H2,1H3,(H,23,25). The van der Waals surface area contributed by atoms with E-state index in [4.69, 9.17) is 21.6 Å². The number of hydrogen-bond acceptors (Lipinski definition) is 4. The van der Waals surface area contributed by atoms with Crippen molar-refractivity contribution in [2.24, 2.45) is 0 Å². The molecule has 2 aromatic carbocycles. The van der Waals surface area contributed by atoms with Crippen molar-refractivity contribution in [1.82, 2.24) is 10.2 Å². The van der Waals surface area contributed by atoms with Crippen LogP contribution in [-0.2, 0) is 0 Å². The van der Waals surface area contributed by atoms with Crippen LogP contribution in [0.15, 0.2) is 42.5 Å². The van der Waals surface area contributed by atoms with E-state index < -0.39 is 0 Å². The Bertz CT molecular complexity index is 839. The maximum Gasteiger partial charge on any atom is 0.251 e. The molecule has 3 rings (SSSR count). The first-order chi connectivity index (χ1) is 12.6. The predicted octanol–water partition coefficient (Wildman–Crippen LogP) is 3.83. The van der Waals surface area contributed by atoms with Gasteiger partial charge in [0, 0.05) is 11.6 Å². The monoisotopic (exact) mass is 369 g/mol. The van der Waals surface area contributed by atoms with E-state index in [1.807, 2.05) is 0 Å². The fourth-order valence-corrected chi connectivity index (χ4v) is 3.13. The predicted molar refractivity (Wildman–Crippen MR) is 101 cm³/mol. The zero-order valence-corrected chi connectivity index (χ0v) is 15.3. The Kier molecular flexibility index (Phi) is 5.77. The molecule has 0 radical (unpaired) electrons. The molecule has 0 bridgehead atoms. The lowest BCUT2D eigenvalue weighted by Crippen LogP contribution is -2.43. The van der Waals surface area contributed by atoms with Crippen molar-refractivity contribution in [2.45, 2.75) is 18.9 Å². The molecule has 0 aromatic heterocycles. The highest BCUT2D eigenvalue weighted by atomic mass is 35.5. The van der Waals surface area contributed by atoms with E-state index in [1.165, 1.54) is 0 Å². The zero-order valence-electron chi connectivity index (χ0n) is 14.5. The van der Waals surface area contributed by atoms with Crippen LogP contribution in [0.3, 0.4) is 0 Å². The van der Waals surface area contributed by atoms with E-state index in [9.17, 15) is 4.79 Å². The fraction of sp³-hybridized carbons (Fsp3) is 0.300. The van der Waals surface area contributed by atoms with Crippen molar-refractivity contribution in [1.29, 1.82) is 5.26 Å². The van der Waals surface area contributed by atoms with E-state index in [0.717, 1.165) is 25.9 Å². The molecule has 0 spiro atoms. The number of ether oxygens (including phenoxy) is 1. The normalized spacial score (nSPS) is 15.3. The topological polar surface area (TPSA) is 65.4 Å². The van der Waals surface area contributed by atoms with E-state index in [2.05, 4.69) is 23.3 Å². The van der Waals surface area contributed by atoms with Gasteiger partial charge in [-0.1, -0.05) is 23.7 Å². The van der Waals surface area contributed by atoms with Gasteiger partial charge >= 0.3 is 0 Å². The number of hydrogen-bond donors (Lipinski definition) is 1. The molecule has 1 N–H and O–H groups in total. The molecular weight excluding hydrogens is 350 g/mol. The molecule has 26 heavy (non-hydrogen) atoms. The Morgan fingerprint density at radius 1 is 1.23 bits per heavy atom. The van der Waals surface area contributed by atoms with Crippen molar-refractivity contribution in [2.75, 3.05) is 20.1 Å². The van der Waals surface area contributed by atoms with E-state index in [1.54, 1.807) is 42.5 Å². The summed E-state index contributed by atoms with van der Waals surface area (Å²) in [5.74, 6) is 0.705. The Hall–Kier alpha value is -2.55. The van der Waals surface area contributed by atoms with Gasteiger partial charge in [-0.15, -0.1) is 0 Å².